The lowest BCUT2D eigenvalue weighted by atomic mass is 9.72. The Kier molecular flexibility index (Phi) is 7.80. The molecule has 1 aromatic heterocycles. The number of allylic oxidation sites excluding steroid dienone is 4. The first kappa shape index (κ1) is 26.5. The molecular formula is C28H35N3O3S. The largest absolute Gasteiger partial charge is 0.462 e. The highest BCUT2D eigenvalue weighted by Gasteiger charge is 2.34. The molecule has 1 aromatic carbocycles. The maximum absolute atomic E-state index is 13.2. The zero-order valence-electron chi connectivity index (χ0n) is 21.9. The summed E-state index contributed by atoms with van der Waals surface area (Å²) < 4.78 is 7.24. The number of ether oxygens (including phenoxy) is 1. The maximum Gasteiger partial charge on any atom is 0.350 e. The second-order valence-electron chi connectivity index (χ2n) is 10.7. The van der Waals surface area contributed by atoms with Crippen molar-refractivity contribution in [1.82, 2.24) is 4.57 Å². The molecule has 1 aliphatic rings. The molecule has 0 unspecified atom stereocenters. The SMILES string of the molecule is CCOC(=O)c1sc(=NN=C2C=C(C(C)(C)C)C(=O)C(C(C)(C)C)=C2)n(Cc2ccccc2)c1C. The molecular weight excluding hydrogens is 458 g/mol. The topological polar surface area (TPSA) is 73.0 Å². The highest BCUT2D eigenvalue weighted by Crippen LogP contribution is 2.37. The Hall–Kier alpha value is -3.06. The molecule has 0 spiro atoms. The Labute approximate surface area is 211 Å². The molecule has 0 fully saturated rings. The van der Waals surface area contributed by atoms with Crippen molar-refractivity contribution in [2.24, 2.45) is 21.0 Å². The van der Waals surface area contributed by atoms with Gasteiger partial charge in [0.2, 0.25) is 4.80 Å². The highest BCUT2D eigenvalue weighted by molar-refractivity contribution is 7.11. The standard InChI is InChI=1S/C28H35N3O3S/c1-9-34-25(33)24-18(2)31(17-19-13-11-10-12-14-19)26(35-24)30-29-20-15-21(27(3,4)5)23(32)22(16-20)28(6,7)8/h10-16H,9,17H2,1-8H3. The van der Waals surface area contributed by atoms with Crippen molar-refractivity contribution in [3.8, 4) is 0 Å². The molecule has 0 aliphatic heterocycles. The molecule has 0 saturated carbocycles. The molecule has 2 aromatic rings. The van der Waals surface area contributed by atoms with Crippen LogP contribution in [-0.2, 0) is 16.1 Å². The van der Waals surface area contributed by atoms with E-state index < -0.39 is 0 Å². The number of Topliss-reactive ketones (excluding diaryl/α,β-unsaturated/α-hetero) is 1. The molecule has 1 aliphatic carbocycles. The van der Waals surface area contributed by atoms with E-state index in [-0.39, 0.29) is 22.6 Å². The number of carbonyl (C=O) groups excluding carboxylic acids is 2. The van der Waals surface area contributed by atoms with Crippen LogP contribution in [0.2, 0.25) is 0 Å². The van der Waals surface area contributed by atoms with Crippen LogP contribution in [0, 0.1) is 17.8 Å². The van der Waals surface area contributed by atoms with Gasteiger partial charge in [-0.05, 0) is 42.4 Å². The van der Waals surface area contributed by atoms with Crippen LogP contribution in [-0.4, -0.2) is 28.6 Å². The quantitative estimate of drug-likeness (QED) is 0.297. The first-order valence-electron chi connectivity index (χ1n) is 11.8. The van der Waals surface area contributed by atoms with Gasteiger partial charge in [0.1, 0.15) is 4.88 Å². The zero-order valence-corrected chi connectivity index (χ0v) is 22.7. The van der Waals surface area contributed by atoms with E-state index in [2.05, 4.69) is 10.2 Å². The molecule has 3 rings (SSSR count). The van der Waals surface area contributed by atoms with Crippen molar-refractivity contribution >= 4 is 28.8 Å². The van der Waals surface area contributed by atoms with Gasteiger partial charge in [-0.3, -0.25) is 4.79 Å². The molecule has 1 heterocycles. The zero-order chi connectivity index (χ0) is 26.0. The Morgan fingerprint density at radius 1 is 0.971 bits per heavy atom. The summed E-state index contributed by atoms with van der Waals surface area (Å²) in [6.07, 6.45) is 3.66. The van der Waals surface area contributed by atoms with Gasteiger partial charge >= 0.3 is 5.97 Å². The van der Waals surface area contributed by atoms with Gasteiger partial charge in [0.25, 0.3) is 0 Å². The highest BCUT2D eigenvalue weighted by atomic mass is 32.1. The predicted octanol–water partition coefficient (Wildman–Crippen LogP) is 5.87. The van der Waals surface area contributed by atoms with Gasteiger partial charge in [-0.2, -0.15) is 0 Å². The Morgan fingerprint density at radius 3 is 2.06 bits per heavy atom. The summed E-state index contributed by atoms with van der Waals surface area (Å²) in [6, 6.07) is 10.0. The first-order valence-corrected chi connectivity index (χ1v) is 12.7. The van der Waals surface area contributed by atoms with Crippen LogP contribution in [0.5, 0.6) is 0 Å². The van der Waals surface area contributed by atoms with E-state index in [1.165, 1.54) is 11.3 Å². The van der Waals surface area contributed by atoms with Crippen LogP contribution in [0.15, 0.2) is 63.8 Å². The van der Waals surface area contributed by atoms with E-state index in [4.69, 9.17) is 4.74 Å². The van der Waals surface area contributed by atoms with Gasteiger partial charge in [0.15, 0.2) is 5.78 Å². The van der Waals surface area contributed by atoms with Crippen molar-refractivity contribution in [2.45, 2.75) is 61.9 Å². The van der Waals surface area contributed by atoms with Gasteiger partial charge in [-0.1, -0.05) is 83.2 Å². The smallest absolute Gasteiger partial charge is 0.350 e. The minimum absolute atomic E-state index is 0.0552. The Bertz CT molecular complexity index is 1240. The number of thiazole rings is 1. The van der Waals surface area contributed by atoms with Gasteiger partial charge in [-0.25, -0.2) is 4.79 Å². The summed E-state index contributed by atoms with van der Waals surface area (Å²) in [7, 11) is 0. The monoisotopic (exact) mass is 493 g/mol. The summed E-state index contributed by atoms with van der Waals surface area (Å²) in [5.74, 6) is -0.307. The molecule has 186 valence electrons. The number of hydrogen-bond donors (Lipinski definition) is 0. The molecule has 0 atom stereocenters. The number of nitrogens with zero attached hydrogens (tertiary/aromatic N) is 3. The van der Waals surface area contributed by atoms with E-state index in [9.17, 15) is 9.59 Å². The van der Waals surface area contributed by atoms with Crippen LogP contribution in [0.1, 0.15) is 69.4 Å². The molecule has 0 radical (unpaired) electrons. The average molecular weight is 494 g/mol. The molecule has 35 heavy (non-hydrogen) atoms. The van der Waals surface area contributed by atoms with Crippen LogP contribution in [0.25, 0.3) is 0 Å². The molecule has 6 nitrogen and oxygen atoms in total. The summed E-state index contributed by atoms with van der Waals surface area (Å²) in [6.45, 7) is 16.7. The van der Waals surface area contributed by atoms with E-state index >= 15 is 0 Å². The van der Waals surface area contributed by atoms with Crippen LogP contribution >= 0.6 is 11.3 Å². The third-order valence-electron chi connectivity index (χ3n) is 5.74. The van der Waals surface area contributed by atoms with Gasteiger partial charge in [0.05, 0.1) is 18.9 Å². The number of hydrogen-bond acceptors (Lipinski definition) is 6. The van der Waals surface area contributed by atoms with Crippen molar-refractivity contribution in [2.75, 3.05) is 6.61 Å². The van der Waals surface area contributed by atoms with Crippen LogP contribution < -0.4 is 4.80 Å². The van der Waals surface area contributed by atoms with E-state index in [0.717, 1.165) is 11.3 Å². The summed E-state index contributed by atoms with van der Waals surface area (Å²) >= 11 is 1.26. The van der Waals surface area contributed by atoms with Gasteiger partial charge < -0.3 is 9.30 Å². The third-order valence-corrected chi connectivity index (χ3v) is 6.89. The molecule has 0 N–H and O–H groups in total. The number of ketones is 1. The lowest BCUT2D eigenvalue weighted by Gasteiger charge is -2.30. The predicted molar refractivity (Wildman–Crippen MR) is 142 cm³/mol. The molecule has 0 amide bonds. The second kappa shape index (κ2) is 10.3. The minimum Gasteiger partial charge on any atom is -0.462 e. The Morgan fingerprint density at radius 2 is 1.54 bits per heavy atom. The summed E-state index contributed by atoms with van der Waals surface area (Å²) in [5, 5.41) is 9.12. The average Bonchev–Trinajstić information content (AvgIpc) is 3.07. The first-order chi connectivity index (χ1) is 16.3. The number of carbonyl (C=O) groups is 2. The second-order valence-corrected chi connectivity index (χ2v) is 11.6. The normalized spacial score (nSPS) is 15.1. The van der Waals surface area contributed by atoms with Crippen molar-refractivity contribution in [1.29, 1.82) is 0 Å². The lowest BCUT2D eigenvalue weighted by molar-refractivity contribution is -0.114. The minimum atomic E-state index is -0.362. The van der Waals surface area contributed by atoms with Gasteiger partial charge in [0, 0.05) is 16.8 Å². The van der Waals surface area contributed by atoms with E-state index in [1.54, 1.807) is 6.92 Å². The van der Waals surface area contributed by atoms with Crippen LogP contribution in [0.4, 0.5) is 0 Å². The Balaban J connectivity index is 2.17. The fraction of sp³-hybridized carbons (Fsp3) is 0.429. The number of benzene rings is 1. The summed E-state index contributed by atoms with van der Waals surface area (Å²) in [4.78, 5) is 26.9. The fourth-order valence-corrected chi connectivity index (χ4v) is 4.76. The van der Waals surface area contributed by atoms with E-state index in [0.29, 0.717) is 39.7 Å². The molecule has 0 bridgehead atoms. The lowest BCUT2D eigenvalue weighted by Crippen LogP contribution is -2.29. The molecule has 0 saturated heterocycles. The third kappa shape index (κ3) is 6.14. The van der Waals surface area contributed by atoms with Crippen molar-refractivity contribution in [3.63, 3.8) is 0 Å². The maximum atomic E-state index is 13.2. The van der Waals surface area contributed by atoms with Crippen LogP contribution in [0.3, 0.4) is 0 Å². The fourth-order valence-electron chi connectivity index (χ4n) is 3.78. The number of esters is 1. The van der Waals surface area contributed by atoms with Crippen molar-refractivity contribution in [3.05, 3.63) is 74.6 Å². The number of aromatic nitrogens is 1. The summed E-state index contributed by atoms with van der Waals surface area (Å²) in [5.41, 5.74) is 3.27. The van der Waals surface area contributed by atoms with Gasteiger partial charge in [-0.15, -0.1) is 10.2 Å². The molecule has 7 heteroatoms. The number of rotatable bonds is 5. The van der Waals surface area contributed by atoms with Crippen molar-refractivity contribution < 1.29 is 14.3 Å². The van der Waals surface area contributed by atoms with E-state index in [1.807, 2.05) is 95.5 Å².